The van der Waals surface area contributed by atoms with E-state index in [4.69, 9.17) is 0 Å². The zero-order valence-corrected chi connectivity index (χ0v) is 13.8. The Morgan fingerprint density at radius 1 is 0.556 bits per heavy atom. The molecule has 0 aromatic rings. The molecule has 0 heterocycles. The molecular formula is C16H34N2. The van der Waals surface area contributed by atoms with Crippen molar-refractivity contribution in [3.63, 3.8) is 0 Å². The van der Waals surface area contributed by atoms with Crippen LogP contribution in [0.4, 0.5) is 0 Å². The Hall–Kier alpha value is -0.340. The minimum absolute atomic E-state index is 0.612. The minimum Gasteiger partial charge on any atom is -0.295 e. The molecule has 0 atom stereocenters. The third kappa shape index (κ3) is 6.55. The topological polar surface area (TPSA) is 6.48 Å². The number of hydrogen-bond acceptors (Lipinski definition) is 2. The van der Waals surface area contributed by atoms with E-state index in [1.807, 2.05) is 0 Å². The van der Waals surface area contributed by atoms with Crippen LogP contribution in [0.25, 0.3) is 0 Å². The first-order chi connectivity index (χ1) is 8.27. The van der Waals surface area contributed by atoms with Crippen LogP contribution in [0.3, 0.4) is 0 Å². The van der Waals surface area contributed by atoms with Gasteiger partial charge in [0.15, 0.2) is 0 Å². The highest BCUT2D eigenvalue weighted by Gasteiger charge is 2.12. The molecule has 108 valence electrons. The maximum atomic E-state index is 2.51. The molecule has 0 aliphatic rings. The van der Waals surface area contributed by atoms with E-state index in [1.165, 1.54) is 0 Å². The van der Waals surface area contributed by atoms with Gasteiger partial charge in [0, 0.05) is 37.3 Å². The Labute approximate surface area is 115 Å². The molecule has 18 heavy (non-hydrogen) atoms. The largest absolute Gasteiger partial charge is 0.295 e. The molecule has 0 spiro atoms. The first-order valence-corrected chi connectivity index (χ1v) is 7.43. The highest BCUT2D eigenvalue weighted by molar-refractivity contribution is 4.90. The Balaban J connectivity index is 4.23. The Morgan fingerprint density at radius 3 is 0.944 bits per heavy atom. The molecule has 0 bridgehead atoms. The zero-order chi connectivity index (χ0) is 14.3. The fourth-order valence-corrected chi connectivity index (χ4v) is 2.43. The molecule has 0 saturated heterocycles. The van der Waals surface area contributed by atoms with Gasteiger partial charge in [-0.05, 0) is 55.4 Å². The number of hydrogen-bond donors (Lipinski definition) is 0. The van der Waals surface area contributed by atoms with E-state index >= 15 is 0 Å². The van der Waals surface area contributed by atoms with Crippen molar-refractivity contribution in [1.29, 1.82) is 0 Å². The lowest BCUT2D eigenvalue weighted by Crippen LogP contribution is -2.38. The zero-order valence-electron chi connectivity index (χ0n) is 13.8. The van der Waals surface area contributed by atoms with E-state index < -0.39 is 0 Å². The van der Waals surface area contributed by atoms with Gasteiger partial charge in [-0.1, -0.05) is 12.2 Å². The Kier molecular flexibility index (Phi) is 8.54. The summed E-state index contributed by atoms with van der Waals surface area (Å²) in [5.41, 5.74) is 0. The average Bonchev–Trinajstić information content (AvgIpc) is 2.20. The molecule has 0 amide bonds. The lowest BCUT2D eigenvalue weighted by molar-refractivity contribution is 0.190. The predicted octanol–water partition coefficient (Wildman–Crippen LogP) is 3.78. The molecule has 0 aromatic carbocycles. The summed E-state index contributed by atoms with van der Waals surface area (Å²) in [7, 11) is 0. The smallest absolute Gasteiger partial charge is 0.0169 e. The van der Waals surface area contributed by atoms with Crippen LogP contribution in [0.1, 0.15) is 55.4 Å². The van der Waals surface area contributed by atoms with Gasteiger partial charge >= 0.3 is 0 Å². The highest BCUT2D eigenvalue weighted by Crippen LogP contribution is 2.06. The van der Waals surface area contributed by atoms with Gasteiger partial charge in [0.25, 0.3) is 0 Å². The van der Waals surface area contributed by atoms with E-state index in [2.05, 4.69) is 77.3 Å². The van der Waals surface area contributed by atoms with Gasteiger partial charge in [-0.25, -0.2) is 0 Å². The number of nitrogens with zero attached hydrogens (tertiary/aromatic N) is 2. The van der Waals surface area contributed by atoms with E-state index in [1.54, 1.807) is 0 Å². The summed E-state index contributed by atoms with van der Waals surface area (Å²) in [5, 5.41) is 0. The summed E-state index contributed by atoms with van der Waals surface area (Å²) in [5.74, 6) is 0. The normalized spacial score (nSPS) is 13.4. The van der Waals surface area contributed by atoms with Crippen LogP contribution in [-0.4, -0.2) is 47.1 Å². The SMILES string of the molecule is CC(C)N(CC=CCN(C(C)C)C(C)C)C(C)C. The second kappa shape index (κ2) is 8.71. The monoisotopic (exact) mass is 254 g/mol. The Bertz CT molecular complexity index is 189. The van der Waals surface area contributed by atoms with Crippen LogP contribution in [0, 0.1) is 0 Å². The summed E-state index contributed by atoms with van der Waals surface area (Å²) in [6.45, 7) is 20.2. The van der Waals surface area contributed by atoms with Gasteiger partial charge in [0.1, 0.15) is 0 Å². The van der Waals surface area contributed by atoms with Gasteiger partial charge in [-0.2, -0.15) is 0 Å². The summed E-state index contributed by atoms with van der Waals surface area (Å²) < 4.78 is 0. The van der Waals surface area contributed by atoms with Crippen LogP contribution in [0.5, 0.6) is 0 Å². The van der Waals surface area contributed by atoms with Gasteiger partial charge < -0.3 is 0 Å². The highest BCUT2D eigenvalue weighted by atomic mass is 15.2. The van der Waals surface area contributed by atoms with Crippen LogP contribution < -0.4 is 0 Å². The van der Waals surface area contributed by atoms with Crippen molar-refractivity contribution in [2.45, 2.75) is 79.6 Å². The van der Waals surface area contributed by atoms with Crippen LogP contribution in [-0.2, 0) is 0 Å². The molecule has 0 N–H and O–H groups in total. The van der Waals surface area contributed by atoms with Crippen molar-refractivity contribution in [1.82, 2.24) is 9.80 Å². The molecule has 0 aliphatic carbocycles. The van der Waals surface area contributed by atoms with E-state index in [0.29, 0.717) is 24.2 Å². The predicted molar refractivity (Wildman–Crippen MR) is 83.1 cm³/mol. The quantitative estimate of drug-likeness (QED) is 0.608. The standard InChI is InChI=1S/C16H34N2/c1-13(2)17(14(3)4)11-9-10-12-18(15(5)6)16(7)8/h9-10,13-16H,11-12H2,1-8H3. The average molecular weight is 254 g/mol. The molecule has 2 heteroatoms. The van der Waals surface area contributed by atoms with Gasteiger partial charge in [0.2, 0.25) is 0 Å². The molecular weight excluding hydrogens is 220 g/mol. The molecule has 0 fully saturated rings. The molecule has 0 aliphatic heterocycles. The maximum Gasteiger partial charge on any atom is 0.0169 e. The number of rotatable bonds is 8. The second-order valence-electron chi connectivity index (χ2n) is 6.24. The fourth-order valence-electron chi connectivity index (χ4n) is 2.43. The maximum absolute atomic E-state index is 2.51. The fraction of sp³-hybridized carbons (Fsp3) is 0.875. The molecule has 0 aromatic heterocycles. The molecule has 0 saturated carbocycles. The van der Waals surface area contributed by atoms with E-state index in [0.717, 1.165) is 13.1 Å². The van der Waals surface area contributed by atoms with Crippen molar-refractivity contribution in [2.24, 2.45) is 0 Å². The van der Waals surface area contributed by atoms with Crippen LogP contribution in [0.2, 0.25) is 0 Å². The summed E-state index contributed by atoms with van der Waals surface area (Å²) in [6, 6.07) is 2.45. The molecule has 0 radical (unpaired) electrons. The van der Waals surface area contributed by atoms with Gasteiger partial charge in [0.05, 0.1) is 0 Å². The van der Waals surface area contributed by atoms with E-state index in [-0.39, 0.29) is 0 Å². The lowest BCUT2D eigenvalue weighted by Gasteiger charge is -2.30. The van der Waals surface area contributed by atoms with Crippen molar-refractivity contribution in [3.05, 3.63) is 12.2 Å². The molecule has 0 rings (SSSR count). The minimum atomic E-state index is 0.612. The first-order valence-electron chi connectivity index (χ1n) is 7.43. The van der Waals surface area contributed by atoms with Crippen molar-refractivity contribution < 1.29 is 0 Å². The third-order valence-corrected chi connectivity index (χ3v) is 3.45. The molecule has 0 unspecified atom stereocenters. The van der Waals surface area contributed by atoms with Crippen molar-refractivity contribution in [3.8, 4) is 0 Å². The van der Waals surface area contributed by atoms with Crippen LogP contribution >= 0.6 is 0 Å². The first kappa shape index (κ1) is 17.7. The second-order valence-corrected chi connectivity index (χ2v) is 6.24. The van der Waals surface area contributed by atoms with Crippen molar-refractivity contribution in [2.75, 3.05) is 13.1 Å². The van der Waals surface area contributed by atoms with Crippen molar-refractivity contribution >= 4 is 0 Å². The third-order valence-electron chi connectivity index (χ3n) is 3.45. The molecule has 2 nitrogen and oxygen atoms in total. The summed E-state index contributed by atoms with van der Waals surface area (Å²) in [6.07, 6.45) is 4.63. The lowest BCUT2D eigenvalue weighted by atomic mass is 10.2. The van der Waals surface area contributed by atoms with Gasteiger partial charge in [-0.15, -0.1) is 0 Å². The Morgan fingerprint density at radius 2 is 0.778 bits per heavy atom. The summed E-state index contributed by atoms with van der Waals surface area (Å²) >= 11 is 0. The van der Waals surface area contributed by atoms with Crippen LogP contribution in [0.15, 0.2) is 12.2 Å². The summed E-state index contributed by atoms with van der Waals surface area (Å²) in [4.78, 5) is 5.01. The van der Waals surface area contributed by atoms with Gasteiger partial charge in [-0.3, -0.25) is 9.80 Å². The van der Waals surface area contributed by atoms with E-state index in [9.17, 15) is 0 Å².